The summed E-state index contributed by atoms with van der Waals surface area (Å²) in [6.07, 6.45) is 0. The van der Waals surface area contributed by atoms with E-state index in [4.69, 9.17) is 10.5 Å². The molecule has 0 aliphatic heterocycles. The predicted molar refractivity (Wildman–Crippen MR) is 77.1 cm³/mol. The van der Waals surface area contributed by atoms with Crippen molar-refractivity contribution in [3.63, 3.8) is 0 Å². The summed E-state index contributed by atoms with van der Waals surface area (Å²) in [7, 11) is 0. The van der Waals surface area contributed by atoms with Crippen molar-refractivity contribution in [1.29, 1.82) is 0 Å². The van der Waals surface area contributed by atoms with E-state index in [0.29, 0.717) is 24.8 Å². The molecule has 7 nitrogen and oxygen atoms in total. The molecule has 0 aliphatic rings. The van der Waals surface area contributed by atoms with Gasteiger partial charge in [-0.3, -0.25) is 10.1 Å². The van der Waals surface area contributed by atoms with Gasteiger partial charge in [0.15, 0.2) is 5.01 Å². The molecule has 0 spiro atoms. The van der Waals surface area contributed by atoms with Crippen molar-refractivity contribution >= 4 is 54.0 Å². The summed E-state index contributed by atoms with van der Waals surface area (Å²) in [6, 6.07) is 2.74. The number of hydrogen-bond donors (Lipinski definition) is 1. The number of nitro benzene ring substituents is 1. The Balaban J connectivity index is 2.18. The van der Waals surface area contributed by atoms with Gasteiger partial charge in [0.1, 0.15) is 12.4 Å². The zero-order valence-corrected chi connectivity index (χ0v) is 13.2. The Hall–Kier alpha value is -1.26. The summed E-state index contributed by atoms with van der Waals surface area (Å²) in [5.74, 6) is 0.458. The normalized spacial score (nSPS) is 10.4. The number of nitro groups is 1. The van der Waals surface area contributed by atoms with Crippen molar-refractivity contribution in [3.05, 3.63) is 36.2 Å². The van der Waals surface area contributed by atoms with E-state index in [1.807, 2.05) is 0 Å². The molecule has 0 fully saturated rings. The molecular weight excluding hydrogens is 404 g/mol. The molecule has 2 N–H and O–H groups in total. The van der Waals surface area contributed by atoms with Crippen LogP contribution in [0.25, 0.3) is 0 Å². The van der Waals surface area contributed by atoms with Gasteiger partial charge in [-0.15, -0.1) is 10.2 Å². The average molecular weight is 410 g/mol. The third-order valence-corrected chi connectivity index (χ3v) is 3.92. The Bertz CT molecular complexity index is 611. The summed E-state index contributed by atoms with van der Waals surface area (Å²) >= 11 is 7.67. The molecule has 0 saturated heterocycles. The molecule has 0 unspecified atom stereocenters. The fourth-order valence-electron chi connectivity index (χ4n) is 1.25. The second kappa shape index (κ2) is 5.80. The van der Waals surface area contributed by atoms with E-state index in [1.165, 1.54) is 23.5 Å². The lowest BCUT2D eigenvalue weighted by Gasteiger charge is -2.08. The van der Waals surface area contributed by atoms with Gasteiger partial charge in [-0.25, -0.2) is 0 Å². The van der Waals surface area contributed by atoms with Crippen LogP contribution in [0.5, 0.6) is 5.75 Å². The topological polar surface area (TPSA) is 104 Å². The average Bonchev–Trinajstić information content (AvgIpc) is 2.73. The first-order valence-electron chi connectivity index (χ1n) is 4.81. The number of nitrogen functional groups attached to an aromatic ring is 1. The van der Waals surface area contributed by atoms with Crippen molar-refractivity contribution in [2.75, 3.05) is 5.73 Å². The maximum absolute atomic E-state index is 10.7. The van der Waals surface area contributed by atoms with Crippen molar-refractivity contribution in [2.45, 2.75) is 6.61 Å². The van der Waals surface area contributed by atoms with Crippen LogP contribution in [-0.4, -0.2) is 15.1 Å². The zero-order chi connectivity index (χ0) is 14.0. The maximum atomic E-state index is 10.7. The molecule has 0 aliphatic carbocycles. The van der Waals surface area contributed by atoms with Gasteiger partial charge in [0.25, 0.3) is 5.69 Å². The number of halogens is 2. The third-order valence-electron chi connectivity index (χ3n) is 2.02. The molecule has 0 amide bonds. The molecule has 19 heavy (non-hydrogen) atoms. The standard InChI is InChI=1S/C9H6Br2N4O3S/c10-5-1-4(15(16)17)2-6(11)8(5)18-3-7-13-14-9(12)19-7/h1-2H,3H2,(H2,12,14). The van der Waals surface area contributed by atoms with Crippen molar-refractivity contribution in [2.24, 2.45) is 0 Å². The lowest BCUT2D eigenvalue weighted by atomic mass is 10.3. The Morgan fingerprint density at radius 1 is 1.37 bits per heavy atom. The van der Waals surface area contributed by atoms with Crippen LogP contribution >= 0.6 is 43.2 Å². The summed E-state index contributed by atoms with van der Waals surface area (Å²) in [6.45, 7) is 0.184. The molecule has 10 heteroatoms. The van der Waals surface area contributed by atoms with Gasteiger partial charge in [0.2, 0.25) is 5.13 Å². The third kappa shape index (κ3) is 3.39. The molecule has 1 aromatic heterocycles. The number of nitrogens with zero attached hydrogens (tertiary/aromatic N) is 3. The van der Waals surface area contributed by atoms with Crippen molar-refractivity contribution in [1.82, 2.24) is 10.2 Å². The van der Waals surface area contributed by atoms with Crippen LogP contribution in [0.2, 0.25) is 0 Å². The summed E-state index contributed by atoms with van der Waals surface area (Å²) < 4.78 is 6.49. The number of nitrogens with two attached hydrogens (primary N) is 1. The molecule has 1 heterocycles. The van der Waals surface area contributed by atoms with Gasteiger partial charge in [0.05, 0.1) is 13.9 Å². The van der Waals surface area contributed by atoms with Gasteiger partial charge >= 0.3 is 0 Å². The van der Waals surface area contributed by atoms with Gasteiger partial charge < -0.3 is 10.5 Å². The highest BCUT2D eigenvalue weighted by molar-refractivity contribution is 9.11. The van der Waals surface area contributed by atoms with Crippen LogP contribution in [-0.2, 0) is 6.61 Å². The second-order valence-corrected chi connectivity index (χ2v) is 6.12. The minimum Gasteiger partial charge on any atom is -0.484 e. The number of non-ortho nitro benzene ring substituents is 1. The van der Waals surface area contributed by atoms with Crippen LogP contribution in [0.15, 0.2) is 21.1 Å². The van der Waals surface area contributed by atoms with E-state index >= 15 is 0 Å². The first-order valence-corrected chi connectivity index (χ1v) is 7.21. The molecular formula is C9H6Br2N4O3S. The molecule has 0 radical (unpaired) electrons. The largest absolute Gasteiger partial charge is 0.484 e. The SMILES string of the molecule is Nc1nnc(COc2c(Br)cc([N+](=O)[O-])cc2Br)s1. The fourth-order valence-corrected chi connectivity index (χ4v) is 3.16. The lowest BCUT2D eigenvalue weighted by molar-refractivity contribution is -0.385. The maximum Gasteiger partial charge on any atom is 0.271 e. The quantitative estimate of drug-likeness (QED) is 0.614. The molecule has 2 aromatic rings. The highest BCUT2D eigenvalue weighted by Gasteiger charge is 2.15. The van der Waals surface area contributed by atoms with Gasteiger partial charge in [-0.2, -0.15) is 0 Å². The molecule has 0 saturated carbocycles. The number of anilines is 1. The van der Waals surface area contributed by atoms with E-state index in [1.54, 1.807) is 0 Å². The molecule has 0 bridgehead atoms. The van der Waals surface area contributed by atoms with Gasteiger partial charge in [-0.05, 0) is 31.9 Å². The summed E-state index contributed by atoms with van der Waals surface area (Å²) in [5, 5.41) is 19.2. The minimum atomic E-state index is -0.481. The summed E-state index contributed by atoms with van der Waals surface area (Å²) in [5.41, 5.74) is 5.42. The van der Waals surface area contributed by atoms with Gasteiger partial charge in [-0.1, -0.05) is 11.3 Å². The van der Waals surface area contributed by atoms with Crippen LogP contribution in [0.3, 0.4) is 0 Å². The number of hydrogen-bond acceptors (Lipinski definition) is 7. The van der Waals surface area contributed by atoms with E-state index in [2.05, 4.69) is 42.1 Å². The van der Waals surface area contributed by atoms with Crippen LogP contribution in [0.4, 0.5) is 10.8 Å². The number of ether oxygens (including phenoxy) is 1. The molecule has 2 rings (SSSR count). The van der Waals surface area contributed by atoms with Crippen LogP contribution in [0.1, 0.15) is 5.01 Å². The molecule has 0 atom stereocenters. The Morgan fingerprint density at radius 2 is 2.00 bits per heavy atom. The summed E-state index contributed by atoms with van der Waals surface area (Å²) in [4.78, 5) is 10.2. The lowest BCUT2D eigenvalue weighted by Crippen LogP contribution is -1.97. The van der Waals surface area contributed by atoms with Crippen LogP contribution in [0, 0.1) is 10.1 Å². The van der Waals surface area contributed by atoms with E-state index in [9.17, 15) is 10.1 Å². The van der Waals surface area contributed by atoms with Crippen molar-refractivity contribution < 1.29 is 9.66 Å². The first-order chi connectivity index (χ1) is 8.97. The van der Waals surface area contributed by atoms with E-state index in [-0.39, 0.29) is 12.3 Å². The fraction of sp³-hybridized carbons (Fsp3) is 0.111. The monoisotopic (exact) mass is 408 g/mol. The van der Waals surface area contributed by atoms with Gasteiger partial charge in [0, 0.05) is 12.1 Å². The van der Waals surface area contributed by atoms with Crippen molar-refractivity contribution in [3.8, 4) is 5.75 Å². The molecule has 1 aromatic carbocycles. The number of rotatable bonds is 4. The Labute approximate surface area is 128 Å². The minimum absolute atomic E-state index is 0.0359. The van der Waals surface area contributed by atoms with Crippen LogP contribution < -0.4 is 10.5 Å². The van der Waals surface area contributed by atoms with E-state index < -0.39 is 4.92 Å². The number of aromatic nitrogens is 2. The highest BCUT2D eigenvalue weighted by Crippen LogP contribution is 2.37. The number of benzene rings is 1. The molecule has 100 valence electrons. The second-order valence-electron chi connectivity index (χ2n) is 3.32. The Kier molecular flexibility index (Phi) is 4.32. The smallest absolute Gasteiger partial charge is 0.271 e. The Morgan fingerprint density at radius 3 is 2.47 bits per heavy atom. The predicted octanol–water partition coefficient (Wildman–Crippen LogP) is 3.13. The van der Waals surface area contributed by atoms with E-state index in [0.717, 1.165) is 0 Å². The first kappa shape index (κ1) is 14.2. The zero-order valence-electron chi connectivity index (χ0n) is 9.17. The highest BCUT2D eigenvalue weighted by atomic mass is 79.9.